The molecule has 0 amide bonds. The highest BCUT2D eigenvalue weighted by Gasteiger charge is 2.45. The fraction of sp³-hybridized carbons (Fsp3) is 0.400. The minimum Gasteiger partial charge on any atom is -0.481 e. The molecule has 24 heavy (non-hydrogen) atoms. The second-order valence-electron chi connectivity index (χ2n) is 4.81. The van der Waals surface area contributed by atoms with Gasteiger partial charge in [0, 0.05) is 4.88 Å². The second-order valence-corrected chi connectivity index (χ2v) is 5.76. The summed E-state index contributed by atoms with van der Waals surface area (Å²) in [6.07, 6.45) is -1.60. The van der Waals surface area contributed by atoms with E-state index in [0.29, 0.717) is 4.88 Å². The van der Waals surface area contributed by atoms with Gasteiger partial charge in [-0.2, -0.15) is 9.97 Å². The molecule has 0 spiro atoms. The number of halogens is 1. The molecule has 0 fully saturated rings. The van der Waals surface area contributed by atoms with Gasteiger partial charge in [0.2, 0.25) is 17.9 Å². The van der Waals surface area contributed by atoms with Crippen molar-refractivity contribution in [3.8, 4) is 17.8 Å². The lowest BCUT2D eigenvalue weighted by Crippen LogP contribution is -2.44. The average Bonchev–Trinajstić information content (AvgIpc) is 3.13. The molecule has 2 aromatic rings. The standard InChI is InChI=1S/C15H17FN2O5S/c1-15(16,9-6-5-7-24-9)12(13(19)22-4)23-14-17-10(20-2)8-11(18-14)21-3/h5-8,12H,1-4H3. The molecular formula is C15H17FN2O5S. The number of hydrogen-bond acceptors (Lipinski definition) is 8. The first-order valence-corrected chi connectivity index (χ1v) is 7.74. The van der Waals surface area contributed by atoms with E-state index in [1.807, 2.05) is 0 Å². The molecule has 0 radical (unpaired) electrons. The molecule has 0 aromatic carbocycles. The third kappa shape index (κ3) is 3.73. The predicted octanol–water partition coefficient (Wildman–Crippen LogP) is 2.36. The Kier molecular flexibility index (Phi) is 5.55. The van der Waals surface area contributed by atoms with Gasteiger partial charge in [0.05, 0.1) is 27.4 Å². The van der Waals surface area contributed by atoms with Gasteiger partial charge in [0.25, 0.3) is 0 Å². The Balaban J connectivity index is 2.38. The number of nitrogens with zero attached hydrogens (tertiary/aromatic N) is 2. The summed E-state index contributed by atoms with van der Waals surface area (Å²) in [5, 5.41) is 1.70. The molecule has 0 aliphatic heterocycles. The van der Waals surface area contributed by atoms with Crippen LogP contribution in [0.25, 0.3) is 0 Å². The first kappa shape index (κ1) is 17.9. The average molecular weight is 356 g/mol. The molecule has 9 heteroatoms. The third-order valence-corrected chi connectivity index (χ3v) is 4.29. The van der Waals surface area contributed by atoms with E-state index in [4.69, 9.17) is 14.2 Å². The number of methoxy groups -OCH3 is 3. The van der Waals surface area contributed by atoms with Gasteiger partial charge in [-0.25, -0.2) is 9.18 Å². The summed E-state index contributed by atoms with van der Waals surface area (Å²) in [4.78, 5) is 20.3. The highest BCUT2D eigenvalue weighted by molar-refractivity contribution is 7.10. The first-order chi connectivity index (χ1) is 11.4. The summed E-state index contributed by atoms with van der Waals surface area (Å²) < 4.78 is 35.4. The summed E-state index contributed by atoms with van der Waals surface area (Å²) in [6, 6.07) is 4.41. The third-order valence-electron chi connectivity index (χ3n) is 3.21. The van der Waals surface area contributed by atoms with Crippen molar-refractivity contribution in [3.63, 3.8) is 0 Å². The molecule has 2 rings (SSSR count). The van der Waals surface area contributed by atoms with Gasteiger partial charge in [-0.3, -0.25) is 0 Å². The van der Waals surface area contributed by atoms with Crippen molar-refractivity contribution in [2.24, 2.45) is 0 Å². The molecule has 7 nitrogen and oxygen atoms in total. The first-order valence-electron chi connectivity index (χ1n) is 6.86. The molecule has 0 saturated heterocycles. The van der Waals surface area contributed by atoms with E-state index >= 15 is 4.39 Å². The number of ether oxygens (including phenoxy) is 4. The number of esters is 1. The van der Waals surface area contributed by atoms with Crippen LogP contribution in [-0.2, 0) is 15.2 Å². The van der Waals surface area contributed by atoms with Crippen molar-refractivity contribution >= 4 is 17.3 Å². The molecule has 2 atom stereocenters. The number of rotatable bonds is 7. The van der Waals surface area contributed by atoms with Gasteiger partial charge in [-0.15, -0.1) is 11.3 Å². The van der Waals surface area contributed by atoms with Crippen LogP contribution in [0.4, 0.5) is 4.39 Å². The summed E-state index contributed by atoms with van der Waals surface area (Å²) >= 11 is 1.16. The zero-order valence-electron chi connectivity index (χ0n) is 13.6. The fourth-order valence-corrected chi connectivity index (χ4v) is 2.72. The molecule has 2 unspecified atom stereocenters. The van der Waals surface area contributed by atoms with E-state index in [0.717, 1.165) is 18.4 Å². The van der Waals surface area contributed by atoms with Crippen molar-refractivity contribution in [1.82, 2.24) is 9.97 Å². The fourth-order valence-electron chi connectivity index (χ4n) is 1.92. The lowest BCUT2D eigenvalue weighted by atomic mass is 9.99. The van der Waals surface area contributed by atoms with E-state index in [1.165, 1.54) is 27.2 Å². The van der Waals surface area contributed by atoms with Crippen molar-refractivity contribution in [1.29, 1.82) is 0 Å². The quantitative estimate of drug-likeness (QED) is 0.705. The molecule has 2 heterocycles. The zero-order chi connectivity index (χ0) is 17.7. The number of alkyl halides is 1. The smallest absolute Gasteiger partial charge is 0.351 e. The van der Waals surface area contributed by atoms with Gasteiger partial charge >= 0.3 is 12.0 Å². The molecular weight excluding hydrogens is 339 g/mol. The number of aromatic nitrogens is 2. The van der Waals surface area contributed by atoms with Crippen LogP contribution in [0.5, 0.6) is 17.8 Å². The maximum absolute atomic E-state index is 15.3. The van der Waals surface area contributed by atoms with E-state index in [2.05, 4.69) is 14.7 Å². The minimum atomic E-state index is -2.14. The highest BCUT2D eigenvalue weighted by atomic mass is 32.1. The second kappa shape index (κ2) is 7.43. The van der Waals surface area contributed by atoms with E-state index in [1.54, 1.807) is 17.5 Å². The lowest BCUT2D eigenvalue weighted by Gasteiger charge is -2.27. The monoisotopic (exact) mass is 356 g/mol. The van der Waals surface area contributed by atoms with Gasteiger partial charge < -0.3 is 18.9 Å². The largest absolute Gasteiger partial charge is 0.481 e. The molecule has 0 bridgehead atoms. The van der Waals surface area contributed by atoms with Crippen LogP contribution in [-0.4, -0.2) is 43.4 Å². The summed E-state index contributed by atoms with van der Waals surface area (Å²) in [6.45, 7) is 1.23. The number of carbonyl (C=O) groups excluding carboxylic acids is 1. The Hall–Kier alpha value is -2.42. The SMILES string of the molecule is COC(=O)C(Oc1nc(OC)cc(OC)n1)C(C)(F)c1cccs1. The molecule has 130 valence electrons. The molecule has 2 aromatic heterocycles. The summed E-state index contributed by atoms with van der Waals surface area (Å²) in [5.41, 5.74) is -2.14. The van der Waals surface area contributed by atoms with Crippen LogP contribution >= 0.6 is 11.3 Å². The molecule has 0 N–H and O–H groups in total. The minimum absolute atomic E-state index is 0.150. The summed E-state index contributed by atoms with van der Waals surface area (Å²) in [5.74, 6) is -0.590. The van der Waals surface area contributed by atoms with Gasteiger partial charge in [0.15, 0.2) is 5.67 Å². The molecule has 0 aliphatic rings. The lowest BCUT2D eigenvalue weighted by molar-refractivity contribution is -0.157. The van der Waals surface area contributed by atoms with Gasteiger partial charge in [-0.1, -0.05) is 6.07 Å². The maximum Gasteiger partial charge on any atom is 0.351 e. The Morgan fingerprint density at radius 2 is 1.88 bits per heavy atom. The summed E-state index contributed by atoms with van der Waals surface area (Å²) in [7, 11) is 3.94. The van der Waals surface area contributed by atoms with Crippen LogP contribution in [0, 0.1) is 0 Å². The van der Waals surface area contributed by atoms with Crippen LogP contribution in [0.3, 0.4) is 0 Å². The Morgan fingerprint density at radius 3 is 2.33 bits per heavy atom. The highest BCUT2D eigenvalue weighted by Crippen LogP contribution is 2.35. The number of hydrogen-bond donors (Lipinski definition) is 0. The van der Waals surface area contributed by atoms with Crippen molar-refractivity contribution in [2.45, 2.75) is 18.7 Å². The number of thiophene rings is 1. The zero-order valence-corrected chi connectivity index (χ0v) is 14.4. The van der Waals surface area contributed by atoms with Crippen molar-refractivity contribution < 1.29 is 28.1 Å². The van der Waals surface area contributed by atoms with E-state index in [9.17, 15) is 4.79 Å². The van der Waals surface area contributed by atoms with Crippen molar-refractivity contribution in [2.75, 3.05) is 21.3 Å². The van der Waals surface area contributed by atoms with E-state index < -0.39 is 17.7 Å². The van der Waals surface area contributed by atoms with Crippen LogP contribution in [0.1, 0.15) is 11.8 Å². The normalized spacial score (nSPS) is 14.4. The van der Waals surface area contributed by atoms with Crippen LogP contribution in [0.15, 0.2) is 23.6 Å². The Morgan fingerprint density at radius 1 is 1.25 bits per heavy atom. The number of carbonyl (C=O) groups is 1. The van der Waals surface area contributed by atoms with Crippen molar-refractivity contribution in [3.05, 3.63) is 28.5 Å². The van der Waals surface area contributed by atoms with Gasteiger partial charge in [-0.05, 0) is 18.4 Å². The molecule has 0 saturated carbocycles. The Bertz CT molecular complexity index is 671. The predicted molar refractivity (Wildman–Crippen MR) is 84.3 cm³/mol. The topological polar surface area (TPSA) is 79.8 Å². The molecule has 0 aliphatic carbocycles. The van der Waals surface area contributed by atoms with Crippen LogP contribution in [0.2, 0.25) is 0 Å². The Labute approximate surface area is 142 Å². The van der Waals surface area contributed by atoms with Gasteiger partial charge in [0.1, 0.15) is 0 Å². The van der Waals surface area contributed by atoms with Crippen LogP contribution < -0.4 is 14.2 Å². The maximum atomic E-state index is 15.3. The van der Waals surface area contributed by atoms with E-state index in [-0.39, 0.29) is 17.8 Å².